The van der Waals surface area contributed by atoms with E-state index in [9.17, 15) is 0 Å². The quantitative estimate of drug-likeness (QED) is 0.320. The SMILES string of the molecule is OC[Si]O[Si]O[Si]O[Si]O[Si]CO. The average molecular weight is 266 g/mol. The van der Waals surface area contributed by atoms with Crippen LogP contribution in [0, 0.1) is 0 Å². The Bertz CT molecular complexity index is 85.1. The molecule has 0 aromatic carbocycles. The first kappa shape index (κ1) is 13.8. The minimum absolute atomic E-state index is 0.0167. The van der Waals surface area contributed by atoms with Crippen molar-refractivity contribution >= 4 is 49.5 Å². The van der Waals surface area contributed by atoms with Gasteiger partial charge in [0.1, 0.15) is 0 Å². The molecule has 0 aromatic heterocycles. The standard InChI is InChI=1S/C2H6O6Si5/c3-1-9-5-11-7-13-8-12-6-10-2-4/h3-4H,1-2H2. The monoisotopic (exact) mass is 266 g/mol. The Morgan fingerprint density at radius 3 is 1.46 bits per heavy atom. The zero-order chi connectivity index (χ0) is 9.78. The van der Waals surface area contributed by atoms with Crippen LogP contribution >= 0.6 is 0 Å². The zero-order valence-corrected chi connectivity index (χ0v) is 11.4. The number of rotatable bonds is 10. The third kappa shape index (κ3) is 12.8. The lowest BCUT2D eigenvalue weighted by Crippen LogP contribution is -2.19. The molecule has 0 bridgehead atoms. The van der Waals surface area contributed by atoms with Gasteiger partial charge >= 0.3 is 30.0 Å². The zero-order valence-electron chi connectivity index (χ0n) is 6.44. The molecular formula is C2H6O6Si5. The van der Waals surface area contributed by atoms with Gasteiger partial charge in [0, 0.05) is 0 Å². The van der Waals surface area contributed by atoms with Crippen LogP contribution in [0.3, 0.4) is 0 Å². The summed E-state index contributed by atoms with van der Waals surface area (Å²) < 4.78 is 19.5. The van der Waals surface area contributed by atoms with Crippen molar-refractivity contribution in [3.05, 3.63) is 0 Å². The lowest BCUT2D eigenvalue weighted by Gasteiger charge is -2.00. The topological polar surface area (TPSA) is 77.4 Å². The van der Waals surface area contributed by atoms with Crippen molar-refractivity contribution in [2.45, 2.75) is 0 Å². The molecule has 11 heteroatoms. The summed E-state index contributed by atoms with van der Waals surface area (Å²) in [6.45, 7) is 0. The largest absolute Gasteiger partial charge is 0.433 e. The number of hydrogen-bond donors (Lipinski definition) is 2. The van der Waals surface area contributed by atoms with E-state index in [0.29, 0.717) is 0 Å². The number of aliphatic hydroxyl groups excluding tert-OH is 2. The van der Waals surface area contributed by atoms with Gasteiger partial charge in [-0.15, -0.1) is 0 Å². The van der Waals surface area contributed by atoms with Crippen molar-refractivity contribution in [2.24, 2.45) is 0 Å². The normalized spacial score (nSPS) is 10.6. The summed E-state index contributed by atoms with van der Waals surface area (Å²) in [5, 5.41) is 16.7. The van der Waals surface area contributed by atoms with Gasteiger partial charge in [-0.2, -0.15) is 0 Å². The van der Waals surface area contributed by atoms with Gasteiger partial charge in [-0.3, -0.25) is 0 Å². The molecule has 0 aromatic rings. The maximum Gasteiger partial charge on any atom is 0.412 e. The van der Waals surface area contributed by atoms with E-state index in [2.05, 4.69) is 0 Å². The Labute approximate surface area is 89.0 Å². The summed E-state index contributed by atoms with van der Waals surface area (Å²) in [5.41, 5.74) is 0. The Kier molecular flexibility index (Phi) is 13.7. The number of hydrogen-bond acceptors (Lipinski definition) is 6. The molecule has 10 radical (unpaired) electrons. The van der Waals surface area contributed by atoms with E-state index in [1.807, 2.05) is 0 Å². The van der Waals surface area contributed by atoms with E-state index < -0.39 is 0 Å². The van der Waals surface area contributed by atoms with Gasteiger partial charge in [0.05, 0.1) is 12.5 Å². The van der Waals surface area contributed by atoms with E-state index in [1.54, 1.807) is 0 Å². The fourth-order valence-corrected chi connectivity index (χ4v) is 3.10. The highest BCUT2D eigenvalue weighted by Crippen LogP contribution is 1.73. The fourth-order valence-electron chi connectivity index (χ4n) is 0.220. The van der Waals surface area contributed by atoms with Crippen molar-refractivity contribution in [3.8, 4) is 0 Å². The van der Waals surface area contributed by atoms with Gasteiger partial charge < -0.3 is 26.7 Å². The van der Waals surface area contributed by atoms with Gasteiger partial charge in [-0.25, -0.2) is 0 Å². The van der Waals surface area contributed by atoms with Crippen LogP contribution in [0.2, 0.25) is 0 Å². The van der Waals surface area contributed by atoms with Gasteiger partial charge in [0.2, 0.25) is 19.5 Å². The van der Waals surface area contributed by atoms with Crippen molar-refractivity contribution in [1.82, 2.24) is 0 Å². The molecule has 13 heavy (non-hydrogen) atoms. The first-order valence-electron chi connectivity index (χ1n) is 2.97. The Morgan fingerprint density at radius 1 is 0.692 bits per heavy atom. The molecule has 0 aliphatic carbocycles. The Balaban J connectivity index is 2.76. The second-order valence-electron chi connectivity index (χ2n) is 1.26. The molecule has 0 atom stereocenters. The van der Waals surface area contributed by atoms with E-state index in [0.717, 1.165) is 0 Å². The first-order valence-corrected chi connectivity index (χ1v) is 7.65. The fraction of sp³-hybridized carbons (Fsp3) is 1.00. The molecule has 0 aliphatic rings. The molecule has 0 fully saturated rings. The molecule has 0 heterocycles. The van der Waals surface area contributed by atoms with Crippen molar-refractivity contribution < 1.29 is 26.7 Å². The molecule has 0 rings (SSSR count). The third-order valence-corrected chi connectivity index (χ3v) is 3.94. The molecule has 0 saturated heterocycles. The third-order valence-electron chi connectivity index (χ3n) is 0.523. The van der Waals surface area contributed by atoms with Gasteiger partial charge in [0.25, 0.3) is 0 Å². The molecule has 2 N–H and O–H groups in total. The molecule has 0 amide bonds. The Morgan fingerprint density at radius 2 is 1.08 bits per heavy atom. The van der Waals surface area contributed by atoms with E-state index in [1.165, 1.54) is 0 Å². The van der Waals surface area contributed by atoms with Crippen molar-refractivity contribution in [3.63, 3.8) is 0 Å². The van der Waals surface area contributed by atoms with Crippen LogP contribution in [-0.4, -0.2) is 72.2 Å². The summed E-state index contributed by atoms with van der Waals surface area (Å²) in [5.74, 6) is 0. The van der Waals surface area contributed by atoms with Crippen LogP contribution < -0.4 is 0 Å². The van der Waals surface area contributed by atoms with Crippen LogP contribution in [0.4, 0.5) is 0 Å². The summed E-state index contributed by atoms with van der Waals surface area (Å²) >= 11 is 0. The average Bonchev–Trinajstić information content (AvgIpc) is 2.16. The van der Waals surface area contributed by atoms with E-state index in [4.69, 9.17) is 26.7 Å². The highest BCUT2D eigenvalue weighted by atomic mass is 28.4. The summed E-state index contributed by atoms with van der Waals surface area (Å²) in [6, 6.07) is 0. The minimum Gasteiger partial charge on any atom is -0.433 e. The number of aliphatic hydroxyl groups is 2. The second kappa shape index (κ2) is 12.8. The summed E-state index contributed by atoms with van der Waals surface area (Å²) in [6.07, 6.45) is 0.0334. The minimum atomic E-state index is -0.125. The summed E-state index contributed by atoms with van der Waals surface area (Å²) in [7, 11) is -0.223. The van der Waals surface area contributed by atoms with Crippen molar-refractivity contribution in [2.75, 3.05) is 12.5 Å². The first-order chi connectivity index (χ1) is 6.41. The highest BCUT2D eigenvalue weighted by molar-refractivity contribution is 6.47. The molecular weight excluding hydrogens is 260 g/mol. The van der Waals surface area contributed by atoms with E-state index in [-0.39, 0.29) is 62.0 Å². The maximum absolute atomic E-state index is 8.33. The van der Waals surface area contributed by atoms with Crippen LogP contribution in [0.25, 0.3) is 0 Å². The molecule has 6 nitrogen and oxygen atoms in total. The van der Waals surface area contributed by atoms with Crippen LogP contribution in [0.15, 0.2) is 0 Å². The second-order valence-corrected chi connectivity index (χ2v) is 6.24. The maximum atomic E-state index is 8.33. The Hall–Kier alpha value is 0.844. The van der Waals surface area contributed by atoms with E-state index >= 15 is 0 Å². The predicted molar refractivity (Wildman–Crippen MR) is 47.3 cm³/mol. The van der Waals surface area contributed by atoms with Gasteiger partial charge in [-0.1, -0.05) is 0 Å². The lowest BCUT2D eigenvalue weighted by molar-refractivity contribution is 0.338. The van der Waals surface area contributed by atoms with Gasteiger partial charge in [-0.05, 0) is 0 Å². The van der Waals surface area contributed by atoms with Crippen LogP contribution in [0.5, 0.6) is 0 Å². The van der Waals surface area contributed by atoms with Crippen LogP contribution in [0.1, 0.15) is 0 Å². The summed E-state index contributed by atoms with van der Waals surface area (Å²) in [4.78, 5) is 0. The highest BCUT2D eigenvalue weighted by Gasteiger charge is 1.99. The smallest absolute Gasteiger partial charge is 0.412 e. The van der Waals surface area contributed by atoms with Gasteiger partial charge in [0.15, 0.2) is 0 Å². The predicted octanol–water partition coefficient (Wildman–Crippen LogP) is -3.21. The van der Waals surface area contributed by atoms with Crippen LogP contribution in [-0.2, 0) is 16.5 Å². The lowest BCUT2D eigenvalue weighted by atomic mass is 11.7. The molecule has 0 aliphatic heterocycles. The molecule has 0 unspecified atom stereocenters. The molecule has 0 saturated carbocycles. The molecule has 70 valence electrons. The van der Waals surface area contributed by atoms with Crippen molar-refractivity contribution in [1.29, 1.82) is 0 Å². The molecule has 0 spiro atoms.